The molecule has 0 bridgehead atoms. The highest BCUT2D eigenvalue weighted by atomic mass is 16.4. The zero-order chi connectivity index (χ0) is 9.42. The van der Waals surface area contributed by atoms with Crippen LogP contribution in [0.3, 0.4) is 0 Å². The number of nitrogens with zero attached hydrogens (tertiary/aromatic N) is 1. The highest BCUT2D eigenvalue weighted by molar-refractivity contribution is 5.90. The fraction of sp³-hybridized carbons (Fsp3) is 0. The summed E-state index contributed by atoms with van der Waals surface area (Å²) in [5, 5.41) is 8.58. The number of nitrogens with two attached hydrogens (primary N) is 1. The third-order valence-electron chi connectivity index (χ3n) is 1.63. The molecule has 0 aliphatic carbocycles. The van der Waals surface area contributed by atoms with Crippen molar-refractivity contribution in [3.8, 4) is 0 Å². The molecule has 0 radical (unpaired) electrons. The summed E-state index contributed by atoms with van der Waals surface area (Å²) in [5.74, 6) is -1.54. The lowest BCUT2D eigenvalue weighted by Gasteiger charge is -1.89. The van der Waals surface area contributed by atoms with Gasteiger partial charge in [-0.25, -0.2) is 9.78 Å². The van der Waals surface area contributed by atoms with E-state index in [4.69, 9.17) is 15.3 Å². The predicted molar refractivity (Wildman–Crippen MR) is 45.4 cm³/mol. The van der Waals surface area contributed by atoms with Crippen molar-refractivity contribution in [3.05, 3.63) is 24.1 Å². The number of aromatic nitrogens is 1. The second-order valence-corrected chi connectivity index (χ2v) is 2.52. The van der Waals surface area contributed by atoms with E-state index in [-0.39, 0.29) is 5.89 Å². The van der Waals surface area contributed by atoms with Gasteiger partial charge in [-0.1, -0.05) is 6.07 Å². The number of nitrogen functional groups attached to an aromatic ring is 1. The molecular weight excluding hydrogens is 172 g/mol. The van der Waals surface area contributed by atoms with Crippen molar-refractivity contribution < 1.29 is 14.3 Å². The van der Waals surface area contributed by atoms with E-state index in [0.29, 0.717) is 16.8 Å². The Labute approximate surface area is 72.8 Å². The van der Waals surface area contributed by atoms with E-state index in [1.54, 1.807) is 18.2 Å². The van der Waals surface area contributed by atoms with Crippen LogP contribution in [-0.4, -0.2) is 16.1 Å². The van der Waals surface area contributed by atoms with Crippen molar-refractivity contribution in [2.45, 2.75) is 0 Å². The summed E-state index contributed by atoms with van der Waals surface area (Å²) in [5.41, 5.74) is 6.70. The second-order valence-electron chi connectivity index (χ2n) is 2.52. The molecular formula is C8H6N2O3. The van der Waals surface area contributed by atoms with Gasteiger partial charge in [0.25, 0.3) is 0 Å². The van der Waals surface area contributed by atoms with Gasteiger partial charge in [0.1, 0.15) is 5.52 Å². The SMILES string of the molecule is Nc1cccc2nc(C(=O)O)oc12. The van der Waals surface area contributed by atoms with Crippen molar-refractivity contribution in [1.29, 1.82) is 0 Å². The number of hydrogen-bond acceptors (Lipinski definition) is 4. The Morgan fingerprint density at radius 3 is 2.92 bits per heavy atom. The first-order valence-electron chi connectivity index (χ1n) is 3.57. The van der Waals surface area contributed by atoms with Gasteiger partial charge < -0.3 is 15.3 Å². The number of carbonyl (C=O) groups is 1. The number of carboxylic acid groups (broad SMARTS) is 1. The van der Waals surface area contributed by atoms with Gasteiger partial charge in [-0.2, -0.15) is 0 Å². The first kappa shape index (κ1) is 7.60. The molecule has 0 saturated heterocycles. The van der Waals surface area contributed by atoms with Gasteiger partial charge in [0, 0.05) is 0 Å². The third kappa shape index (κ3) is 1.10. The van der Waals surface area contributed by atoms with Crippen LogP contribution in [0.15, 0.2) is 22.6 Å². The van der Waals surface area contributed by atoms with E-state index in [2.05, 4.69) is 4.98 Å². The minimum Gasteiger partial charge on any atom is -0.474 e. The number of carboxylic acids is 1. The number of aromatic carboxylic acids is 1. The van der Waals surface area contributed by atoms with Gasteiger partial charge in [0.15, 0.2) is 5.58 Å². The standard InChI is InChI=1S/C8H6N2O3/c9-4-2-1-3-5-6(4)13-7(10-5)8(11)12/h1-3H,9H2,(H,11,12). The maximum absolute atomic E-state index is 10.5. The molecule has 0 unspecified atom stereocenters. The fourth-order valence-corrected chi connectivity index (χ4v) is 1.06. The average Bonchev–Trinajstić information content (AvgIpc) is 2.49. The summed E-state index contributed by atoms with van der Waals surface area (Å²) in [6, 6.07) is 4.95. The van der Waals surface area contributed by atoms with Crippen LogP contribution in [0.4, 0.5) is 5.69 Å². The molecule has 0 atom stereocenters. The van der Waals surface area contributed by atoms with E-state index in [1.807, 2.05) is 0 Å². The van der Waals surface area contributed by atoms with E-state index >= 15 is 0 Å². The Morgan fingerprint density at radius 1 is 1.54 bits per heavy atom. The van der Waals surface area contributed by atoms with Crippen LogP contribution in [0.5, 0.6) is 0 Å². The first-order chi connectivity index (χ1) is 6.18. The summed E-state index contributed by atoms with van der Waals surface area (Å²) in [6.45, 7) is 0. The van der Waals surface area contributed by atoms with E-state index < -0.39 is 5.97 Å². The zero-order valence-corrected chi connectivity index (χ0v) is 6.52. The fourth-order valence-electron chi connectivity index (χ4n) is 1.06. The molecule has 3 N–H and O–H groups in total. The molecule has 0 aliphatic rings. The lowest BCUT2D eigenvalue weighted by molar-refractivity contribution is 0.0656. The van der Waals surface area contributed by atoms with Crippen LogP contribution in [-0.2, 0) is 0 Å². The van der Waals surface area contributed by atoms with E-state index in [0.717, 1.165) is 0 Å². The Balaban J connectivity index is 2.75. The smallest absolute Gasteiger partial charge is 0.392 e. The Kier molecular flexibility index (Phi) is 1.45. The molecule has 5 heteroatoms. The van der Waals surface area contributed by atoms with Gasteiger partial charge in [0.2, 0.25) is 0 Å². The summed E-state index contributed by atoms with van der Waals surface area (Å²) < 4.78 is 4.92. The molecule has 13 heavy (non-hydrogen) atoms. The molecule has 1 heterocycles. The number of hydrogen-bond donors (Lipinski definition) is 2. The first-order valence-corrected chi connectivity index (χ1v) is 3.57. The minimum atomic E-state index is -1.20. The van der Waals surface area contributed by atoms with Crippen LogP contribution in [0.2, 0.25) is 0 Å². The molecule has 1 aromatic heterocycles. The van der Waals surface area contributed by atoms with E-state index in [1.165, 1.54) is 0 Å². The van der Waals surface area contributed by atoms with Gasteiger partial charge in [0.05, 0.1) is 5.69 Å². The molecule has 2 aromatic rings. The Bertz CT molecular complexity index is 475. The molecule has 0 aliphatic heterocycles. The molecule has 0 fully saturated rings. The maximum atomic E-state index is 10.5. The lowest BCUT2D eigenvalue weighted by Crippen LogP contribution is -1.94. The Hall–Kier alpha value is -2.04. The van der Waals surface area contributed by atoms with Crippen molar-refractivity contribution in [2.24, 2.45) is 0 Å². The highest BCUT2D eigenvalue weighted by Gasteiger charge is 2.13. The number of fused-ring (bicyclic) bond motifs is 1. The average molecular weight is 178 g/mol. The highest BCUT2D eigenvalue weighted by Crippen LogP contribution is 2.21. The van der Waals surface area contributed by atoms with Crippen LogP contribution < -0.4 is 5.73 Å². The summed E-state index contributed by atoms with van der Waals surface area (Å²) in [7, 11) is 0. The lowest BCUT2D eigenvalue weighted by atomic mass is 10.3. The molecule has 5 nitrogen and oxygen atoms in total. The summed E-state index contributed by atoms with van der Waals surface area (Å²) in [4.78, 5) is 14.2. The molecule has 2 rings (SSSR count). The van der Waals surface area contributed by atoms with Crippen LogP contribution in [0.25, 0.3) is 11.1 Å². The van der Waals surface area contributed by atoms with E-state index in [9.17, 15) is 4.79 Å². The van der Waals surface area contributed by atoms with Crippen LogP contribution in [0.1, 0.15) is 10.7 Å². The second kappa shape index (κ2) is 2.48. The quantitative estimate of drug-likeness (QED) is 0.638. The van der Waals surface area contributed by atoms with Crippen LogP contribution in [0, 0.1) is 0 Å². The summed E-state index contributed by atoms with van der Waals surface area (Å²) in [6.07, 6.45) is 0. The number of rotatable bonds is 1. The third-order valence-corrected chi connectivity index (χ3v) is 1.63. The molecule has 66 valence electrons. The largest absolute Gasteiger partial charge is 0.474 e. The maximum Gasteiger partial charge on any atom is 0.392 e. The number of oxazole rings is 1. The normalized spacial score (nSPS) is 10.5. The molecule has 0 spiro atoms. The van der Waals surface area contributed by atoms with Gasteiger partial charge in [-0.05, 0) is 12.1 Å². The number of para-hydroxylation sites is 1. The monoisotopic (exact) mass is 178 g/mol. The summed E-state index contributed by atoms with van der Waals surface area (Å²) >= 11 is 0. The Morgan fingerprint density at radius 2 is 2.31 bits per heavy atom. The van der Waals surface area contributed by atoms with Crippen molar-refractivity contribution in [1.82, 2.24) is 4.98 Å². The molecule has 1 aromatic carbocycles. The van der Waals surface area contributed by atoms with Gasteiger partial charge in [-0.15, -0.1) is 0 Å². The minimum absolute atomic E-state index is 0.319. The zero-order valence-electron chi connectivity index (χ0n) is 6.52. The number of benzene rings is 1. The van der Waals surface area contributed by atoms with Crippen molar-refractivity contribution in [2.75, 3.05) is 5.73 Å². The van der Waals surface area contributed by atoms with Gasteiger partial charge >= 0.3 is 11.9 Å². The van der Waals surface area contributed by atoms with Crippen molar-refractivity contribution >= 4 is 22.8 Å². The van der Waals surface area contributed by atoms with Crippen LogP contribution >= 0.6 is 0 Å². The topological polar surface area (TPSA) is 89.3 Å². The molecule has 0 saturated carbocycles. The number of anilines is 1. The predicted octanol–water partition coefficient (Wildman–Crippen LogP) is 1.11. The molecule has 0 amide bonds. The van der Waals surface area contributed by atoms with Gasteiger partial charge in [-0.3, -0.25) is 0 Å². The van der Waals surface area contributed by atoms with Crippen molar-refractivity contribution in [3.63, 3.8) is 0 Å².